The number of aromatic amines is 1. The van der Waals surface area contributed by atoms with E-state index in [4.69, 9.17) is 4.74 Å². The first-order valence-corrected chi connectivity index (χ1v) is 8.35. The molecule has 0 radical (unpaired) electrons. The SMILES string of the molecule is O=C(c1[nH]nc2c1CS(=O)c1ncccc1-2)N1CCOCC1. The van der Waals surface area contributed by atoms with Crippen LogP contribution in [0.3, 0.4) is 0 Å². The van der Waals surface area contributed by atoms with Crippen molar-refractivity contribution >= 4 is 16.7 Å². The van der Waals surface area contributed by atoms with Gasteiger partial charge in [-0.05, 0) is 12.1 Å². The van der Waals surface area contributed by atoms with E-state index in [0.29, 0.717) is 42.7 Å². The minimum atomic E-state index is -1.25. The van der Waals surface area contributed by atoms with Gasteiger partial charge in [0.1, 0.15) is 10.7 Å². The Kier molecular flexibility index (Phi) is 3.27. The molecule has 4 heterocycles. The van der Waals surface area contributed by atoms with Gasteiger partial charge in [0.15, 0.2) is 0 Å². The van der Waals surface area contributed by atoms with Crippen molar-refractivity contribution in [3.63, 3.8) is 0 Å². The summed E-state index contributed by atoms with van der Waals surface area (Å²) in [5.41, 5.74) is 2.56. The fraction of sp³-hybridized carbons (Fsp3) is 0.357. The van der Waals surface area contributed by atoms with Crippen molar-refractivity contribution in [2.24, 2.45) is 0 Å². The number of fused-ring (bicyclic) bond motifs is 3. The molecule has 1 amide bonds. The first-order chi connectivity index (χ1) is 10.8. The molecule has 8 heteroatoms. The van der Waals surface area contributed by atoms with Crippen LogP contribution < -0.4 is 0 Å². The molecule has 2 aromatic rings. The monoisotopic (exact) mass is 318 g/mol. The number of carbonyl (C=O) groups is 1. The third-order valence-corrected chi connectivity index (χ3v) is 5.20. The molecule has 1 N–H and O–H groups in total. The van der Waals surface area contributed by atoms with Crippen molar-refractivity contribution in [2.75, 3.05) is 26.3 Å². The summed E-state index contributed by atoms with van der Waals surface area (Å²) in [6, 6.07) is 3.62. The van der Waals surface area contributed by atoms with Crippen LogP contribution in [0.2, 0.25) is 0 Å². The van der Waals surface area contributed by atoms with Crippen LogP contribution in [-0.2, 0) is 21.3 Å². The minimum Gasteiger partial charge on any atom is -0.378 e. The number of aromatic nitrogens is 3. The molecule has 1 atom stereocenters. The Morgan fingerprint density at radius 3 is 3.00 bits per heavy atom. The summed E-state index contributed by atoms with van der Waals surface area (Å²) >= 11 is 0. The summed E-state index contributed by atoms with van der Waals surface area (Å²) in [6.45, 7) is 2.21. The Hall–Kier alpha value is -2.06. The highest BCUT2D eigenvalue weighted by atomic mass is 32.2. The molecular weight excluding hydrogens is 304 g/mol. The van der Waals surface area contributed by atoms with Gasteiger partial charge >= 0.3 is 0 Å². The Balaban J connectivity index is 1.75. The molecule has 114 valence electrons. The van der Waals surface area contributed by atoms with E-state index in [1.807, 2.05) is 6.07 Å². The van der Waals surface area contributed by atoms with Gasteiger partial charge in [-0.15, -0.1) is 0 Å². The number of nitrogens with one attached hydrogen (secondary N) is 1. The van der Waals surface area contributed by atoms with E-state index < -0.39 is 10.8 Å². The van der Waals surface area contributed by atoms with Gasteiger partial charge < -0.3 is 9.64 Å². The van der Waals surface area contributed by atoms with Gasteiger partial charge in [0, 0.05) is 30.4 Å². The number of hydrogen-bond donors (Lipinski definition) is 1. The lowest BCUT2D eigenvalue weighted by Gasteiger charge is -2.26. The summed E-state index contributed by atoms with van der Waals surface area (Å²) < 4.78 is 17.6. The fourth-order valence-electron chi connectivity index (χ4n) is 2.78. The molecule has 0 aliphatic carbocycles. The molecule has 2 aliphatic rings. The molecule has 7 nitrogen and oxygen atoms in total. The van der Waals surface area contributed by atoms with E-state index in [1.165, 1.54) is 0 Å². The molecule has 1 unspecified atom stereocenters. The van der Waals surface area contributed by atoms with E-state index in [9.17, 15) is 9.00 Å². The number of nitrogens with zero attached hydrogens (tertiary/aromatic N) is 3. The van der Waals surface area contributed by atoms with Gasteiger partial charge in [-0.2, -0.15) is 5.10 Å². The van der Waals surface area contributed by atoms with E-state index in [1.54, 1.807) is 17.2 Å². The highest BCUT2D eigenvalue weighted by Crippen LogP contribution is 2.34. The lowest BCUT2D eigenvalue weighted by molar-refractivity contribution is 0.0298. The number of pyridine rings is 1. The van der Waals surface area contributed by atoms with E-state index in [-0.39, 0.29) is 11.7 Å². The van der Waals surface area contributed by atoms with E-state index in [2.05, 4.69) is 15.2 Å². The maximum atomic E-state index is 12.6. The molecule has 0 spiro atoms. The van der Waals surface area contributed by atoms with Crippen molar-refractivity contribution in [3.8, 4) is 11.3 Å². The predicted octanol–water partition coefficient (Wildman–Crippen LogP) is 0.565. The molecular formula is C14H14N4O3S. The second-order valence-corrected chi connectivity index (χ2v) is 6.54. The number of amides is 1. The topological polar surface area (TPSA) is 88.2 Å². The van der Waals surface area contributed by atoms with Crippen molar-refractivity contribution in [3.05, 3.63) is 29.6 Å². The van der Waals surface area contributed by atoms with Crippen molar-refractivity contribution < 1.29 is 13.7 Å². The van der Waals surface area contributed by atoms with Crippen LogP contribution in [0.15, 0.2) is 23.4 Å². The van der Waals surface area contributed by atoms with Crippen LogP contribution in [0.25, 0.3) is 11.3 Å². The number of rotatable bonds is 1. The van der Waals surface area contributed by atoms with E-state index >= 15 is 0 Å². The van der Waals surface area contributed by atoms with Crippen LogP contribution in [0.1, 0.15) is 16.1 Å². The summed E-state index contributed by atoms with van der Waals surface area (Å²) in [5.74, 6) is 0.155. The molecule has 2 aliphatic heterocycles. The molecule has 2 aromatic heterocycles. The highest BCUT2D eigenvalue weighted by molar-refractivity contribution is 7.84. The number of H-pyrrole nitrogens is 1. The summed E-state index contributed by atoms with van der Waals surface area (Å²) in [4.78, 5) is 18.5. The fourth-order valence-corrected chi connectivity index (χ4v) is 4.05. The van der Waals surface area contributed by atoms with Crippen molar-refractivity contribution in [1.29, 1.82) is 0 Å². The second kappa shape index (κ2) is 5.29. The lowest BCUT2D eigenvalue weighted by atomic mass is 10.1. The average Bonchev–Trinajstić information content (AvgIpc) is 2.99. The molecule has 0 aromatic carbocycles. The first-order valence-electron chi connectivity index (χ1n) is 7.03. The van der Waals surface area contributed by atoms with Crippen LogP contribution in [-0.4, -0.2) is 56.5 Å². The van der Waals surface area contributed by atoms with Crippen LogP contribution in [0.5, 0.6) is 0 Å². The highest BCUT2D eigenvalue weighted by Gasteiger charge is 2.31. The second-order valence-electron chi connectivity index (χ2n) is 5.18. The summed E-state index contributed by atoms with van der Waals surface area (Å²) in [7, 11) is -1.25. The molecule has 0 bridgehead atoms. The zero-order chi connectivity index (χ0) is 15.1. The molecule has 4 rings (SSSR count). The number of carbonyl (C=O) groups excluding carboxylic acids is 1. The van der Waals surface area contributed by atoms with Gasteiger partial charge in [0.25, 0.3) is 5.91 Å². The molecule has 1 saturated heterocycles. The predicted molar refractivity (Wildman–Crippen MR) is 78.7 cm³/mol. The van der Waals surface area contributed by atoms with Crippen LogP contribution in [0, 0.1) is 0 Å². The summed E-state index contributed by atoms with van der Waals surface area (Å²) in [6.07, 6.45) is 1.62. The zero-order valence-electron chi connectivity index (χ0n) is 11.7. The zero-order valence-corrected chi connectivity index (χ0v) is 12.6. The smallest absolute Gasteiger partial charge is 0.272 e. The molecule has 1 fully saturated rings. The maximum absolute atomic E-state index is 12.6. The number of morpholine rings is 1. The van der Waals surface area contributed by atoms with Crippen molar-refractivity contribution in [1.82, 2.24) is 20.1 Å². The standard InChI is InChI=1S/C14H14N4O3S/c19-14(18-4-6-21-7-5-18)12-10-8-22(20)13-9(2-1-3-15-13)11(10)16-17-12/h1-3H,4-8H2,(H,16,17). The summed E-state index contributed by atoms with van der Waals surface area (Å²) in [5, 5.41) is 7.63. The maximum Gasteiger partial charge on any atom is 0.272 e. The third-order valence-electron chi connectivity index (χ3n) is 3.90. The largest absolute Gasteiger partial charge is 0.378 e. The first kappa shape index (κ1) is 13.6. The van der Waals surface area contributed by atoms with Gasteiger partial charge in [0.2, 0.25) is 0 Å². The third kappa shape index (κ3) is 2.06. The Morgan fingerprint density at radius 2 is 2.18 bits per heavy atom. The van der Waals surface area contributed by atoms with Gasteiger partial charge in [-0.3, -0.25) is 14.1 Å². The van der Waals surface area contributed by atoms with Gasteiger partial charge in [-0.1, -0.05) is 0 Å². The minimum absolute atomic E-state index is 0.110. The Bertz CT molecular complexity index is 767. The molecule has 0 saturated carbocycles. The van der Waals surface area contributed by atoms with Gasteiger partial charge in [0.05, 0.1) is 35.5 Å². The average molecular weight is 318 g/mol. The lowest BCUT2D eigenvalue weighted by Crippen LogP contribution is -2.41. The number of hydrogen-bond acceptors (Lipinski definition) is 5. The van der Waals surface area contributed by atoms with Crippen molar-refractivity contribution in [2.45, 2.75) is 10.8 Å². The molecule has 22 heavy (non-hydrogen) atoms. The Labute approximate surface area is 129 Å². The van der Waals surface area contributed by atoms with Gasteiger partial charge in [-0.25, -0.2) is 4.98 Å². The van der Waals surface area contributed by atoms with E-state index in [0.717, 1.165) is 11.1 Å². The number of ether oxygens (including phenoxy) is 1. The Morgan fingerprint density at radius 1 is 1.36 bits per heavy atom. The van der Waals surface area contributed by atoms with Crippen LogP contribution in [0.4, 0.5) is 0 Å². The van der Waals surface area contributed by atoms with Crippen LogP contribution >= 0.6 is 0 Å². The quantitative estimate of drug-likeness (QED) is 0.830. The normalized spacial score (nSPS) is 20.4.